The van der Waals surface area contributed by atoms with Crippen molar-refractivity contribution in [3.63, 3.8) is 0 Å². The summed E-state index contributed by atoms with van der Waals surface area (Å²) in [6.07, 6.45) is 0.303. The molecule has 0 saturated heterocycles. The van der Waals surface area contributed by atoms with Crippen LogP contribution in [0.3, 0.4) is 0 Å². The first-order chi connectivity index (χ1) is 10.7. The molecule has 126 valence electrons. The maximum absolute atomic E-state index is 14.1. The van der Waals surface area contributed by atoms with Crippen molar-refractivity contribution in [1.82, 2.24) is 5.32 Å². The number of hydrogen-bond acceptors (Lipinski definition) is 3. The minimum absolute atomic E-state index is 0.00242. The Kier molecular flexibility index (Phi) is 3.95. The van der Waals surface area contributed by atoms with Crippen molar-refractivity contribution in [3.8, 4) is 0 Å². The monoisotopic (exact) mass is 340 g/mol. The van der Waals surface area contributed by atoms with Crippen molar-refractivity contribution in [2.45, 2.75) is 51.7 Å². The van der Waals surface area contributed by atoms with Crippen LogP contribution in [0.1, 0.15) is 44.7 Å². The van der Waals surface area contributed by atoms with Gasteiger partial charge in [0.2, 0.25) is 0 Å². The van der Waals surface area contributed by atoms with Gasteiger partial charge >= 0.3 is 6.09 Å². The summed E-state index contributed by atoms with van der Waals surface area (Å²) in [5.74, 6) is -0.385. The maximum atomic E-state index is 14.1. The lowest BCUT2D eigenvalue weighted by molar-refractivity contribution is 0.0498. The molecule has 1 aromatic rings. The molecular formula is C17H22ClFN2O2. The van der Waals surface area contributed by atoms with E-state index in [4.69, 9.17) is 16.3 Å². The van der Waals surface area contributed by atoms with Gasteiger partial charge in [-0.2, -0.15) is 0 Å². The molecule has 2 aliphatic rings. The van der Waals surface area contributed by atoms with Crippen molar-refractivity contribution < 1.29 is 13.9 Å². The van der Waals surface area contributed by atoms with Crippen LogP contribution in [-0.2, 0) is 11.2 Å². The van der Waals surface area contributed by atoms with E-state index in [2.05, 4.69) is 10.2 Å². The van der Waals surface area contributed by atoms with Crippen LogP contribution < -0.4 is 10.2 Å². The lowest BCUT2D eigenvalue weighted by atomic mass is 9.87. The van der Waals surface area contributed by atoms with Gasteiger partial charge in [0, 0.05) is 24.7 Å². The molecule has 2 heterocycles. The van der Waals surface area contributed by atoms with Crippen LogP contribution in [0.5, 0.6) is 0 Å². The van der Waals surface area contributed by atoms with E-state index in [0.29, 0.717) is 6.54 Å². The molecular weight excluding hydrogens is 319 g/mol. The molecule has 0 bridgehead atoms. The van der Waals surface area contributed by atoms with E-state index in [-0.39, 0.29) is 22.8 Å². The fourth-order valence-electron chi connectivity index (χ4n) is 3.42. The second kappa shape index (κ2) is 5.55. The highest BCUT2D eigenvalue weighted by atomic mass is 35.5. The van der Waals surface area contributed by atoms with Crippen LogP contribution in [0.2, 0.25) is 5.02 Å². The topological polar surface area (TPSA) is 41.6 Å². The lowest BCUT2D eigenvalue weighted by Gasteiger charge is -2.38. The minimum atomic E-state index is -0.541. The van der Waals surface area contributed by atoms with Crippen LogP contribution in [-0.4, -0.2) is 30.8 Å². The summed E-state index contributed by atoms with van der Waals surface area (Å²) in [6.45, 7) is 8.97. The van der Waals surface area contributed by atoms with Crippen molar-refractivity contribution in [2.75, 3.05) is 18.0 Å². The summed E-state index contributed by atoms with van der Waals surface area (Å²) in [6, 6.07) is 1.39. The number of benzene rings is 1. The predicted octanol–water partition coefficient (Wildman–Crippen LogP) is 3.85. The highest BCUT2D eigenvalue weighted by molar-refractivity contribution is 6.32. The summed E-state index contributed by atoms with van der Waals surface area (Å²) in [5, 5.41) is 3.16. The Morgan fingerprint density at radius 3 is 2.83 bits per heavy atom. The third kappa shape index (κ3) is 2.99. The van der Waals surface area contributed by atoms with Crippen LogP contribution in [0.25, 0.3) is 0 Å². The zero-order valence-electron chi connectivity index (χ0n) is 13.9. The van der Waals surface area contributed by atoms with Gasteiger partial charge in [-0.05, 0) is 44.4 Å². The lowest BCUT2D eigenvalue weighted by Crippen LogP contribution is -2.50. The largest absolute Gasteiger partial charge is 0.444 e. The number of hydrogen-bond donors (Lipinski definition) is 1. The summed E-state index contributed by atoms with van der Waals surface area (Å²) >= 11 is 6.11. The number of carbonyl (C=O) groups is 1. The standard InChI is InChI=1S/C17H22ClFN2O2/c1-9-11-7-12(19)14(18)10-5-6-21(15(10)11)8-13(9)20-16(22)23-17(2,3)4/h7,9,13H,5-6,8H2,1-4H3,(H,20,22). The Labute approximate surface area is 140 Å². The van der Waals surface area contributed by atoms with Crippen molar-refractivity contribution in [2.24, 2.45) is 0 Å². The Hall–Kier alpha value is -1.49. The van der Waals surface area contributed by atoms with Crippen LogP contribution in [0, 0.1) is 5.82 Å². The molecule has 0 aromatic heterocycles. The van der Waals surface area contributed by atoms with Gasteiger partial charge in [0.1, 0.15) is 11.4 Å². The first-order valence-electron chi connectivity index (χ1n) is 7.92. The van der Waals surface area contributed by atoms with Gasteiger partial charge in [0.15, 0.2) is 0 Å². The van der Waals surface area contributed by atoms with Crippen LogP contribution in [0.4, 0.5) is 14.9 Å². The van der Waals surface area contributed by atoms with E-state index >= 15 is 0 Å². The number of alkyl carbamates (subject to hydrolysis) is 1. The normalized spacial score (nSPS) is 22.8. The average Bonchev–Trinajstić information content (AvgIpc) is 2.83. The van der Waals surface area contributed by atoms with Crippen molar-refractivity contribution >= 4 is 23.4 Å². The molecule has 0 spiro atoms. The maximum Gasteiger partial charge on any atom is 0.407 e. The third-order valence-corrected chi connectivity index (χ3v) is 4.89. The Bertz CT molecular complexity index is 657. The first-order valence-corrected chi connectivity index (χ1v) is 8.30. The molecule has 0 fully saturated rings. The van der Waals surface area contributed by atoms with Gasteiger partial charge in [-0.15, -0.1) is 0 Å². The number of carbonyl (C=O) groups excluding carboxylic acids is 1. The van der Waals surface area contributed by atoms with Crippen LogP contribution in [0.15, 0.2) is 6.07 Å². The van der Waals surface area contributed by atoms with E-state index in [1.54, 1.807) is 0 Å². The number of anilines is 1. The summed E-state index contributed by atoms with van der Waals surface area (Å²) in [7, 11) is 0. The van der Waals surface area contributed by atoms with Crippen molar-refractivity contribution in [3.05, 3.63) is 28.0 Å². The van der Waals surface area contributed by atoms with Gasteiger partial charge in [-0.3, -0.25) is 0 Å². The van der Waals surface area contributed by atoms with Crippen molar-refractivity contribution in [1.29, 1.82) is 0 Å². The van der Waals surface area contributed by atoms with Gasteiger partial charge in [-0.1, -0.05) is 18.5 Å². The second-order valence-corrected chi connectivity index (χ2v) is 7.70. The molecule has 2 aliphatic heterocycles. The van der Waals surface area contributed by atoms with Gasteiger partial charge in [0.05, 0.1) is 11.1 Å². The second-order valence-electron chi connectivity index (χ2n) is 7.33. The highest BCUT2D eigenvalue weighted by Crippen LogP contribution is 2.45. The quantitative estimate of drug-likeness (QED) is 0.844. The number of amides is 1. The number of nitrogens with zero attached hydrogens (tertiary/aromatic N) is 1. The smallest absolute Gasteiger partial charge is 0.407 e. The fourth-order valence-corrected chi connectivity index (χ4v) is 3.66. The molecule has 2 unspecified atom stereocenters. The zero-order valence-corrected chi connectivity index (χ0v) is 14.6. The molecule has 4 nitrogen and oxygen atoms in total. The summed E-state index contributed by atoms with van der Waals surface area (Å²) in [5.41, 5.74) is 2.31. The molecule has 1 N–H and O–H groups in total. The van der Waals surface area contributed by atoms with E-state index in [9.17, 15) is 9.18 Å². The Balaban J connectivity index is 1.86. The fraction of sp³-hybridized carbons (Fsp3) is 0.588. The molecule has 1 aromatic carbocycles. The number of rotatable bonds is 1. The van der Waals surface area contributed by atoms with E-state index < -0.39 is 11.7 Å². The van der Waals surface area contributed by atoms with Gasteiger partial charge in [-0.25, -0.2) is 9.18 Å². The predicted molar refractivity (Wildman–Crippen MR) is 88.9 cm³/mol. The molecule has 2 atom stereocenters. The molecule has 3 rings (SSSR count). The van der Waals surface area contributed by atoms with Crippen LogP contribution >= 0.6 is 11.6 Å². The highest BCUT2D eigenvalue weighted by Gasteiger charge is 2.38. The first kappa shape index (κ1) is 16.4. The SMILES string of the molecule is CC1c2cc(F)c(Cl)c3c2N(CC3)CC1NC(=O)OC(C)(C)C. The average molecular weight is 341 g/mol. The molecule has 0 radical (unpaired) electrons. The number of halogens is 2. The van der Waals surface area contributed by atoms with E-state index in [1.807, 2.05) is 27.7 Å². The molecule has 0 aliphatic carbocycles. The van der Waals surface area contributed by atoms with E-state index in [0.717, 1.165) is 29.8 Å². The van der Waals surface area contributed by atoms with Gasteiger partial charge in [0.25, 0.3) is 0 Å². The number of nitrogens with one attached hydrogen (secondary N) is 1. The third-order valence-electron chi connectivity index (χ3n) is 4.48. The van der Waals surface area contributed by atoms with Gasteiger partial charge < -0.3 is 15.0 Å². The summed E-state index contributed by atoms with van der Waals surface area (Å²) < 4.78 is 19.4. The number of ether oxygens (including phenoxy) is 1. The Morgan fingerprint density at radius 1 is 1.48 bits per heavy atom. The minimum Gasteiger partial charge on any atom is -0.444 e. The van der Waals surface area contributed by atoms with E-state index in [1.165, 1.54) is 6.07 Å². The molecule has 6 heteroatoms. The zero-order chi connectivity index (χ0) is 16.9. The molecule has 0 saturated carbocycles. The molecule has 1 amide bonds. The summed E-state index contributed by atoms with van der Waals surface area (Å²) in [4.78, 5) is 14.2. The Morgan fingerprint density at radius 2 is 2.17 bits per heavy atom. The molecule has 23 heavy (non-hydrogen) atoms.